The van der Waals surface area contributed by atoms with Crippen LogP contribution in [0.5, 0.6) is 5.95 Å². The van der Waals surface area contributed by atoms with Crippen LogP contribution in [0.2, 0.25) is 0 Å². The zero-order valence-electron chi connectivity index (χ0n) is 8.23. The van der Waals surface area contributed by atoms with E-state index in [1.54, 1.807) is 0 Å². The van der Waals surface area contributed by atoms with Gasteiger partial charge in [-0.1, -0.05) is 18.0 Å². The van der Waals surface area contributed by atoms with E-state index in [1.165, 1.54) is 12.8 Å². The van der Waals surface area contributed by atoms with Gasteiger partial charge in [-0.3, -0.25) is 0 Å². The van der Waals surface area contributed by atoms with Crippen molar-refractivity contribution in [3.63, 3.8) is 0 Å². The van der Waals surface area contributed by atoms with E-state index < -0.39 is 6.09 Å². The first-order valence-corrected chi connectivity index (χ1v) is 4.91. The quantitative estimate of drug-likeness (QED) is 0.768. The van der Waals surface area contributed by atoms with Crippen LogP contribution in [-0.4, -0.2) is 11.2 Å². The Kier molecular flexibility index (Phi) is 2.49. The van der Waals surface area contributed by atoms with Crippen molar-refractivity contribution in [2.75, 3.05) is 5.73 Å². The van der Waals surface area contributed by atoms with E-state index in [2.05, 4.69) is 9.89 Å². The Morgan fingerprint density at radius 2 is 2.13 bits per heavy atom. The van der Waals surface area contributed by atoms with Gasteiger partial charge in [0, 0.05) is 5.92 Å². The lowest BCUT2D eigenvalue weighted by atomic mass is 10.0. The van der Waals surface area contributed by atoms with Gasteiger partial charge >= 0.3 is 12.0 Å². The zero-order valence-corrected chi connectivity index (χ0v) is 8.23. The molecule has 0 aromatic carbocycles. The van der Waals surface area contributed by atoms with Crippen LogP contribution in [0.1, 0.15) is 37.3 Å². The number of anilines is 1. The highest BCUT2D eigenvalue weighted by Crippen LogP contribution is 2.39. The van der Waals surface area contributed by atoms with Gasteiger partial charge in [0.2, 0.25) is 0 Å². The standard InChI is InChI=1S/C9H13N3O3/c10-6-7(5-3-1-2-4-5)12-15-8(6)14-9(11)13/h5H,1-4,10H2,(H2,11,13). The Labute approximate surface area is 86.5 Å². The molecule has 4 N–H and O–H groups in total. The largest absolute Gasteiger partial charge is 0.412 e. The summed E-state index contributed by atoms with van der Waals surface area (Å²) in [6.07, 6.45) is 3.49. The van der Waals surface area contributed by atoms with Gasteiger partial charge in [0.25, 0.3) is 0 Å². The predicted molar refractivity (Wildman–Crippen MR) is 52.3 cm³/mol. The van der Waals surface area contributed by atoms with E-state index in [0.717, 1.165) is 12.8 Å². The monoisotopic (exact) mass is 211 g/mol. The Morgan fingerprint density at radius 3 is 2.73 bits per heavy atom. The van der Waals surface area contributed by atoms with Gasteiger partial charge in [0.15, 0.2) is 0 Å². The van der Waals surface area contributed by atoms with E-state index in [-0.39, 0.29) is 5.95 Å². The summed E-state index contributed by atoms with van der Waals surface area (Å²) in [5, 5.41) is 3.82. The second kappa shape index (κ2) is 3.80. The third kappa shape index (κ3) is 1.88. The molecule has 6 nitrogen and oxygen atoms in total. The molecule has 0 aliphatic heterocycles. The molecule has 1 saturated carbocycles. The highest BCUT2D eigenvalue weighted by molar-refractivity contribution is 5.69. The van der Waals surface area contributed by atoms with E-state index in [1.807, 2.05) is 0 Å². The molecule has 82 valence electrons. The van der Waals surface area contributed by atoms with Crippen LogP contribution in [0, 0.1) is 0 Å². The van der Waals surface area contributed by atoms with Crippen LogP contribution in [0.15, 0.2) is 4.52 Å². The maximum atomic E-state index is 10.5. The summed E-state index contributed by atoms with van der Waals surface area (Å²) in [6, 6.07) is 0. The second-order valence-corrected chi connectivity index (χ2v) is 3.67. The van der Waals surface area contributed by atoms with Crippen LogP contribution in [0.3, 0.4) is 0 Å². The molecule has 6 heteroatoms. The normalized spacial score (nSPS) is 16.8. The van der Waals surface area contributed by atoms with Crippen molar-refractivity contribution in [2.45, 2.75) is 31.6 Å². The molecule has 0 spiro atoms. The molecule has 1 amide bonds. The maximum absolute atomic E-state index is 10.5. The van der Waals surface area contributed by atoms with E-state index in [0.29, 0.717) is 17.3 Å². The summed E-state index contributed by atoms with van der Waals surface area (Å²) in [5.41, 5.74) is 11.6. The molecule has 1 fully saturated rings. The number of nitrogens with zero attached hydrogens (tertiary/aromatic N) is 1. The lowest BCUT2D eigenvalue weighted by Gasteiger charge is -2.03. The highest BCUT2D eigenvalue weighted by atomic mass is 16.7. The summed E-state index contributed by atoms with van der Waals surface area (Å²) in [6.45, 7) is 0. The van der Waals surface area contributed by atoms with Crippen molar-refractivity contribution in [1.82, 2.24) is 5.16 Å². The molecule has 1 aliphatic rings. The van der Waals surface area contributed by atoms with Gasteiger partial charge in [-0.25, -0.2) is 4.79 Å². The number of nitrogens with two attached hydrogens (primary N) is 2. The lowest BCUT2D eigenvalue weighted by Crippen LogP contribution is -2.16. The third-order valence-corrected chi connectivity index (χ3v) is 2.66. The maximum Gasteiger partial charge on any atom is 0.412 e. The van der Waals surface area contributed by atoms with Crippen LogP contribution < -0.4 is 16.2 Å². The Bertz CT molecular complexity index is 369. The summed E-state index contributed by atoms with van der Waals surface area (Å²) in [4.78, 5) is 10.5. The average molecular weight is 211 g/mol. The lowest BCUT2D eigenvalue weighted by molar-refractivity contribution is 0.190. The Morgan fingerprint density at radius 1 is 1.47 bits per heavy atom. The van der Waals surface area contributed by atoms with Gasteiger partial charge in [-0.15, -0.1) is 0 Å². The first-order chi connectivity index (χ1) is 7.18. The second-order valence-electron chi connectivity index (χ2n) is 3.67. The van der Waals surface area contributed by atoms with Crippen molar-refractivity contribution in [3.05, 3.63) is 5.69 Å². The predicted octanol–water partition coefficient (Wildman–Crippen LogP) is 1.37. The minimum Gasteiger partial charge on any atom is -0.391 e. The van der Waals surface area contributed by atoms with Crippen molar-refractivity contribution in [1.29, 1.82) is 0 Å². The Hall–Kier alpha value is -1.72. The van der Waals surface area contributed by atoms with Crippen LogP contribution in [-0.2, 0) is 0 Å². The number of nitrogen functional groups attached to an aromatic ring is 1. The summed E-state index contributed by atoms with van der Waals surface area (Å²) in [7, 11) is 0. The van der Waals surface area contributed by atoms with Crippen molar-refractivity contribution in [3.8, 4) is 5.95 Å². The fourth-order valence-corrected chi connectivity index (χ4v) is 1.95. The molecule has 1 aromatic heterocycles. The number of amides is 1. The highest BCUT2D eigenvalue weighted by Gasteiger charge is 2.26. The molecule has 0 saturated heterocycles. The van der Waals surface area contributed by atoms with E-state index >= 15 is 0 Å². The first kappa shape index (κ1) is 9.82. The number of carbonyl (C=O) groups excluding carboxylic acids is 1. The molecule has 15 heavy (non-hydrogen) atoms. The van der Waals surface area contributed by atoms with Crippen LogP contribution >= 0.6 is 0 Å². The SMILES string of the molecule is NC(=O)Oc1onc(C2CCCC2)c1N. The van der Waals surface area contributed by atoms with Crippen molar-refractivity contribution < 1.29 is 14.1 Å². The topological polar surface area (TPSA) is 104 Å². The van der Waals surface area contributed by atoms with Gasteiger partial charge in [0.05, 0.1) is 0 Å². The molecule has 0 radical (unpaired) electrons. The molecular formula is C9H13N3O3. The van der Waals surface area contributed by atoms with Crippen molar-refractivity contribution >= 4 is 11.8 Å². The van der Waals surface area contributed by atoms with Crippen LogP contribution in [0.25, 0.3) is 0 Å². The number of hydrogen-bond acceptors (Lipinski definition) is 5. The van der Waals surface area contributed by atoms with Gasteiger partial charge in [-0.2, -0.15) is 0 Å². The summed E-state index contributed by atoms with van der Waals surface area (Å²) < 4.78 is 9.39. The molecule has 1 aliphatic carbocycles. The average Bonchev–Trinajstić information content (AvgIpc) is 2.76. The number of ether oxygens (including phenoxy) is 1. The van der Waals surface area contributed by atoms with Crippen molar-refractivity contribution in [2.24, 2.45) is 5.73 Å². The fraction of sp³-hybridized carbons (Fsp3) is 0.556. The number of aromatic nitrogens is 1. The fourth-order valence-electron chi connectivity index (χ4n) is 1.95. The minimum atomic E-state index is -0.948. The molecule has 0 bridgehead atoms. The summed E-state index contributed by atoms with van der Waals surface area (Å²) in [5.74, 6) is 0.225. The summed E-state index contributed by atoms with van der Waals surface area (Å²) >= 11 is 0. The molecule has 2 rings (SSSR count). The minimum absolute atomic E-state index is 0.0931. The first-order valence-electron chi connectivity index (χ1n) is 4.91. The van der Waals surface area contributed by atoms with Gasteiger partial charge in [-0.05, 0) is 12.8 Å². The Balaban J connectivity index is 2.18. The van der Waals surface area contributed by atoms with Gasteiger partial charge in [0.1, 0.15) is 11.4 Å². The van der Waals surface area contributed by atoms with Gasteiger partial charge < -0.3 is 20.7 Å². The molecule has 1 heterocycles. The number of primary amides is 1. The zero-order chi connectivity index (χ0) is 10.8. The van der Waals surface area contributed by atoms with E-state index in [4.69, 9.17) is 16.0 Å². The number of hydrogen-bond donors (Lipinski definition) is 2. The van der Waals surface area contributed by atoms with Crippen LogP contribution in [0.4, 0.5) is 10.5 Å². The van der Waals surface area contributed by atoms with E-state index in [9.17, 15) is 4.79 Å². The number of carbonyl (C=O) groups is 1. The molecular weight excluding hydrogens is 198 g/mol. The molecule has 0 atom stereocenters. The molecule has 0 unspecified atom stereocenters. The molecule has 1 aromatic rings. The number of rotatable bonds is 2. The smallest absolute Gasteiger partial charge is 0.391 e. The third-order valence-electron chi connectivity index (χ3n) is 2.66.